The first-order valence-electron chi connectivity index (χ1n) is 11.7. The third-order valence-corrected chi connectivity index (χ3v) is 10.5. The van der Waals surface area contributed by atoms with Crippen molar-refractivity contribution in [2.24, 2.45) is 0 Å². The summed E-state index contributed by atoms with van der Waals surface area (Å²) < 4.78 is 15.6. The summed E-state index contributed by atoms with van der Waals surface area (Å²) in [6.07, 6.45) is 4.60. The molecule has 34 heavy (non-hydrogen) atoms. The van der Waals surface area contributed by atoms with Crippen LogP contribution in [0.15, 0.2) is 84.9 Å². The molecule has 0 radical (unpaired) electrons. The molecule has 0 saturated carbocycles. The number of hydrogen-bond acceptors (Lipinski definition) is 4. The molecule has 0 aliphatic carbocycles. The Bertz CT molecular complexity index is 1010. The van der Waals surface area contributed by atoms with Crippen LogP contribution in [-0.2, 0) is 16.1 Å². The molecule has 0 spiro atoms. The van der Waals surface area contributed by atoms with E-state index in [0.29, 0.717) is 19.8 Å². The molecule has 0 bridgehead atoms. The molecule has 0 fully saturated rings. The second kappa shape index (κ2) is 12.7. The molecule has 1 N–H and O–H groups in total. The Kier molecular flexibility index (Phi) is 9.66. The second-order valence-electron chi connectivity index (χ2n) is 9.07. The van der Waals surface area contributed by atoms with Crippen molar-refractivity contribution in [2.45, 2.75) is 37.8 Å². The van der Waals surface area contributed by atoms with Crippen LogP contribution in [0.3, 0.4) is 0 Å². The summed E-state index contributed by atoms with van der Waals surface area (Å²) in [5.74, 6) is 0.794. The van der Waals surface area contributed by atoms with E-state index in [1.165, 1.54) is 5.19 Å². The number of ether oxygens (including phenoxy) is 3. The van der Waals surface area contributed by atoms with Crippen molar-refractivity contribution in [3.8, 4) is 5.75 Å². The lowest BCUT2D eigenvalue weighted by Crippen LogP contribution is -2.45. The number of aliphatic hydroxyl groups is 1. The van der Waals surface area contributed by atoms with E-state index in [2.05, 4.69) is 79.8 Å². The first-order chi connectivity index (χ1) is 16.4. The predicted molar refractivity (Wildman–Crippen MR) is 142 cm³/mol. The summed E-state index contributed by atoms with van der Waals surface area (Å²) in [5, 5.41) is 12.5. The summed E-state index contributed by atoms with van der Waals surface area (Å²) in [7, 11) is 1.36. The van der Waals surface area contributed by atoms with Gasteiger partial charge in [-0.2, -0.15) is 0 Å². The number of benzene rings is 3. The van der Waals surface area contributed by atoms with E-state index < -0.39 is 14.2 Å². The maximum absolute atomic E-state index is 11.1. The highest BCUT2D eigenvalue weighted by Crippen LogP contribution is 2.34. The van der Waals surface area contributed by atoms with Gasteiger partial charge in [0, 0.05) is 7.11 Å². The van der Waals surface area contributed by atoms with Crippen LogP contribution in [-0.4, -0.2) is 34.2 Å². The number of rotatable bonds is 12. The van der Waals surface area contributed by atoms with E-state index >= 15 is 0 Å². The minimum absolute atomic E-state index is 0.247. The van der Waals surface area contributed by atoms with E-state index in [0.717, 1.165) is 22.4 Å². The van der Waals surface area contributed by atoms with Gasteiger partial charge in [-0.3, -0.25) is 0 Å². The smallest absolute Gasteiger partial charge is 0.146 e. The largest absolute Gasteiger partial charge is 0.497 e. The Morgan fingerprint density at radius 3 is 2.18 bits per heavy atom. The molecule has 0 amide bonds. The van der Waals surface area contributed by atoms with Crippen LogP contribution in [0.5, 0.6) is 5.75 Å². The average Bonchev–Trinajstić information content (AvgIpc) is 2.87. The lowest BCUT2D eigenvalue weighted by molar-refractivity contribution is -0.0390. The van der Waals surface area contributed by atoms with E-state index in [9.17, 15) is 5.11 Å². The van der Waals surface area contributed by atoms with E-state index in [-0.39, 0.29) is 5.54 Å². The molecule has 180 valence electrons. The normalized spacial score (nSPS) is 13.7. The number of methoxy groups -OCH3 is 2. The zero-order valence-corrected chi connectivity index (χ0v) is 21.6. The van der Waals surface area contributed by atoms with Crippen molar-refractivity contribution in [3.05, 3.63) is 102 Å². The minimum atomic E-state index is -1.91. The van der Waals surface area contributed by atoms with Gasteiger partial charge in [0.25, 0.3) is 0 Å². The zero-order chi connectivity index (χ0) is 24.4. The van der Waals surface area contributed by atoms with Crippen LogP contribution in [0.4, 0.5) is 0 Å². The highest BCUT2D eigenvalue weighted by Gasteiger charge is 2.33. The molecular formula is C29H36O4Si. The molecule has 3 aromatic carbocycles. The second-order valence-corrected chi connectivity index (χ2v) is 13.8. The summed E-state index contributed by atoms with van der Waals surface area (Å²) in [4.78, 5) is 0. The molecular weight excluding hydrogens is 440 g/mol. The zero-order valence-electron chi connectivity index (χ0n) is 20.6. The van der Waals surface area contributed by atoms with Crippen LogP contribution in [0.25, 0.3) is 6.08 Å². The van der Waals surface area contributed by atoms with Crippen LogP contribution in [0, 0.1) is 0 Å². The van der Waals surface area contributed by atoms with Gasteiger partial charge in [-0.15, -0.1) is 0 Å². The number of hydrogen-bond donors (Lipinski definition) is 1. The van der Waals surface area contributed by atoms with Gasteiger partial charge in [-0.25, -0.2) is 0 Å². The van der Waals surface area contributed by atoms with Crippen LogP contribution >= 0.6 is 0 Å². The topological polar surface area (TPSA) is 47.9 Å². The molecule has 5 heteroatoms. The number of aliphatic hydroxyl groups excluding tert-OH is 1. The van der Waals surface area contributed by atoms with Crippen molar-refractivity contribution in [3.63, 3.8) is 0 Å². The quantitative estimate of drug-likeness (QED) is 0.200. The molecule has 0 heterocycles. The standard InChI is InChI=1S/C29H36O4Si/c1-31-22-33-21-24-12-10-23(11-13-24)14-19-28(34(3,4)27-8-6-5-7-9-27)20-29(30)25-15-17-26(32-2)18-16-25/h5-19,28-30H,20-22H2,1-4H3/b19-14+/t28-,29-/m0/s1. The minimum Gasteiger partial charge on any atom is -0.497 e. The predicted octanol–water partition coefficient (Wildman–Crippen LogP) is 5.94. The van der Waals surface area contributed by atoms with Gasteiger partial charge in [0.1, 0.15) is 12.5 Å². The summed E-state index contributed by atoms with van der Waals surface area (Å²) in [6, 6.07) is 26.8. The van der Waals surface area contributed by atoms with Gasteiger partial charge in [0.05, 0.1) is 27.9 Å². The summed E-state index contributed by atoms with van der Waals surface area (Å²) in [5.41, 5.74) is 3.41. The first-order valence-corrected chi connectivity index (χ1v) is 14.7. The summed E-state index contributed by atoms with van der Waals surface area (Å²) in [6.45, 7) is 5.59. The molecule has 0 aliphatic rings. The van der Waals surface area contributed by atoms with Crippen molar-refractivity contribution < 1.29 is 19.3 Å². The van der Waals surface area contributed by atoms with Gasteiger partial charge in [0.15, 0.2) is 0 Å². The van der Waals surface area contributed by atoms with Crippen LogP contribution in [0.1, 0.15) is 29.2 Å². The van der Waals surface area contributed by atoms with Crippen molar-refractivity contribution in [1.29, 1.82) is 0 Å². The molecule has 0 aliphatic heterocycles. The first kappa shape index (κ1) is 25.9. The van der Waals surface area contributed by atoms with Gasteiger partial charge in [0.2, 0.25) is 0 Å². The highest BCUT2D eigenvalue weighted by atomic mass is 28.3. The Balaban J connectivity index is 1.81. The molecule has 3 aromatic rings. The van der Waals surface area contributed by atoms with E-state index in [4.69, 9.17) is 14.2 Å². The molecule has 2 atom stereocenters. The fourth-order valence-corrected chi connectivity index (χ4v) is 6.96. The van der Waals surface area contributed by atoms with Crippen LogP contribution < -0.4 is 9.92 Å². The molecule has 0 saturated heterocycles. The monoisotopic (exact) mass is 476 g/mol. The Morgan fingerprint density at radius 2 is 1.56 bits per heavy atom. The Hall–Kier alpha value is -2.70. The lowest BCUT2D eigenvalue weighted by atomic mass is 10.0. The van der Waals surface area contributed by atoms with Gasteiger partial charge >= 0.3 is 0 Å². The fraction of sp³-hybridized carbons (Fsp3) is 0.310. The molecule has 0 aromatic heterocycles. The lowest BCUT2D eigenvalue weighted by Gasteiger charge is -2.33. The van der Waals surface area contributed by atoms with Gasteiger partial charge < -0.3 is 19.3 Å². The Labute approximate surface area is 204 Å². The third kappa shape index (κ3) is 7.15. The van der Waals surface area contributed by atoms with Crippen molar-refractivity contribution in [2.75, 3.05) is 21.0 Å². The average molecular weight is 477 g/mol. The van der Waals surface area contributed by atoms with Gasteiger partial charge in [-0.1, -0.05) is 97.2 Å². The summed E-state index contributed by atoms with van der Waals surface area (Å²) >= 11 is 0. The maximum atomic E-state index is 11.1. The third-order valence-electron chi connectivity index (χ3n) is 6.39. The van der Waals surface area contributed by atoms with Gasteiger partial charge in [-0.05, 0) is 40.8 Å². The SMILES string of the molecule is COCOCc1ccc(/C=C/[C@@H](C[C@H](O)c2ccc(OC)cc2)[Si](C)(C)c2ccccc2)cc1. The Morgan fingerprint density at radius 1 is 0.882 bits per heavy atom. The maximum Gasteiger partial charge on any atom is 0.146 e. The van der Waals surface area contributed by atoms with E-state index in [1.54, 1.807) is 14.2 Å². The van der Waals surface area contributed by atoms with Crippen molar-refractivity contribution >= 4 is 19.3 Å². The van der Waals surface area contributed by atoms with E-state index in [1.807, 2.05) is 24.3 Å². The molecule has 0 unspecified atom stereocenters. The number of allylic oxidation sites excluding steroid dienone is 1. The van der Waals surface area contributed by atoms with Crippen molar-refractivity contribution in [1.82, 2.24) is 0 Å². The molecule has 3 rings (SSSR count). The molecule has 4 nitrogen and oxygen atoms in total. The van der Waals surface area contributed by atoms with Crippen LogP contribution in [0.2, 0.25) is 18.6 Å². The highest BCUT2D eigenvalue weighted by molar-refractivity contribution is 6.91. The fourth-order valence-electron chi connectivity index (χ4n) is 4.09.